The standard InChI is InChI=1S/C24H21BrN2O3/c1-24(25)14-13-20(27(24)22-19(23(28)29)11-7-15-26-22)18-10-5-6-12-21(18)30-16-17-8-3-2-4-9-17/h2-15,20H,16H2,1H3,(H,28,29). The highest BCUT2D eigenvalue weighted by molar-refractivity contribution is 9.10. The van der Waals surface area contributed by atoms with E-state index in [1.54, 1.807) is 18.3 Å². The second-order valence-corrected chi connectivity index (χ2v) is 8.80. The van der Waals surface area contributed by atoms with Crippen molar-refractivity contribution in [2.45, 2.75) is 24.0 Å². The molecule has 1 aromatic heterocycles. The van der Waals surface area contributed by atoms with Gasteiger partial charge in [-0.25, -0.2) is 9.78 Å². The molecule has 152 valence electrons. The SMILES string of the molecule is CC1(Br)C=CC(c2ccccc2OCc2ccccc2)N1c1ncccc1C(=O)O. The minimum atomic E-state index is -1.01. The highest BCUT2D eigenvalue weighted by Gasteiger charge is 2.40. The molecule has 2 atom stereocenters. The molecule has 5 nitrogen and oxygen atoms in total. The van der Waals surface area contributed by atoms with Crippen LogP contribution in [0.3, 0.4) is 0 Å². The van der Waals surface area contributed by atoms with Crippen LogP contribution in [0.1, 0.15) is 34.5 Å². The molecular weight excluding hydrogens is 444 g/mol. The summed E-state index contributed by atoms with van der Waals surface area (Å²) >= 11 is 3.73. The van der Waals surface area contributed by atoms with Gasteiger partial charge in [-0.3, -0.25) is 0 Å². The maximum atomic E-state index is 11.8. The summed E-state index contributed by atoms with van der Waals surface area (Å²) in [6, 6.07) is 20.8. The van der Waals surface area contributed by atoms with Crippen LogP contribution in [0.2, 0.25) is 0 Å². The Bertz CT molecular complexity index is 1080. The lowest BCUT2D eigenvalue weighted by atomic mass is 10.0. The number of aromatic carboxylic acids is 1. The molecule has 4 rings (SSSR count). The fourth-order valence-corrected chi connectivity index (χ4v) is 4.18. The van der Waals surface area contributed by atoms with Gasteiger partial charge >= 0.3 is 5.97 Å². The van der Waals surface area contributed by atoms with Gasteiger partial charge in [-0.15, -0.1) is 0 Å². The van der Waals surface area contributed by atoms with E-state index in [2.05, 4.69) is 20.9 Å². The molecule has 0 spiro atoms. The number of alkyl halides is 1. The van der Waals surface area contributed by atoms with Crippen molar-refractivity contribution < 1.29 is 14.6 Å². The van der Waals surface area contributed by atoms with Crippen molar-refractivity contribution >= 4 is 27.7 Å². The number of nitrogens with zero attached hydrogens (tertiary/aromatic N) is 2. The Morgan fingerprint density at radius 2 is 1.87 bits per heavy atom. The van der Waals surface area contributed by atoms with Crippen molar-refractivity contribution in [2.24, 2.45) is 0 Å². The van der Waals surface area contributed by atoms with E-state index in [-0.39, 0.29) is 11.6 Å². The number of carboxylic acids is 1. The number of pyridine rings is 1. The fourth-order valence-electron chi connectivity index (χ4n) is 3.63. The van der Waals surface area contributed by atoms with Crippen LogP contribution in [0, 0.1) is 0 Å². The third-order valence-electron chi connectivity index (χ3n) is 5.05. The molecule has 1 N–H and O–H groups in total. The molecule has 0 radical (unpaired) electrons. The minimum absolute atomic E-state index is 0.152. The van der Waals surface area contributed by atoms with Crippen molar-refractivity contribution in [1.29, 1.82) is 0 Å². The number of para-hydroxylation sites is 1. The molecule has 0 bridgehead atoms. The topological polar surface area (TPSA) is 62.7 Å². The Morgan fingerprint density at radius 1 is 1.13 bits per heavy atom. The molecule has 3 aromatic rings. The van der Waals surface area contributed by atoms with Gasteiger partial charge in [-0.05, 0) is 30.7 Å². The number of hydrogen-bond donors (Lipinski definition) is 1. The molecular formula is C24H21BrN2O3. The number of carboxylic acid groups (broad SMARTS) is 1. The van der Waals surface area contributed by atoms with Crippen LogP contribution in [-0.2, 0) is 6.61 Å². The van der Waals surface area contributed by atoms with Crippen molar-refractivity contribution in [3.8, 4) is 5.75 Å². The number of anilines is 1. The molecule has 0 fully saturated rings. The molecule has 0 saturated carbocycles. The lowest BCUT2D eigenvalue weighted by Gasteiger charge is -2.37. The van der Waals surface area contributed by atoms with E-state index >= 15 is 0 Å². The zero-order chi connectivity index (χ0) is 21.1. The largest absolute Gasteiger partial charge is 0.489 e. The Labute approximate surface area is 183 Å². The molecule has 1 aliphatic rings. The third-order valence-corrected chi connectivity index (χ3v) is 5.70. The summed E-state index contributed by atoms with van der Waals surface area (Å²) in [5.74, 6) is 0.136. The van der Waals surface area contributed by atoms with E-state index < -0.39 is 10.4 Å². The minimum Gasteiger partial charge on any atom is -0.489 e. The number of rotatable bonds is 6. The summed E-state index contributed by atoms with van der Waals surface area (Å²) in [5.41, 5.74) is 2.17. The quantitative estimate of drug-likeness (QED) is 0.292. The zero-order valence-corrected chi connectivity index (χ0v) is 18.0. The number of hydrogen-bond acceptors (Lipinski definition) is 4. The summed E-state index contributed by atoms with van der Waals surface area (Å²) in [4.78, 5) is 18.2. The van der Waals surface area contributed by atoms with Crippen LogP contribution < -0.4 is 9.64 Å². The van der Waals surface area contributed by atoms with Gasteiger partial charge in [0.05, 0.1) is 6.04 Å². The first-order chi connectivity index (χ1) is 14.5. The first kappa shape index (κ1) is 20.2. The summed E-state index contributed by atoms with van der Waals surface area (Å²) in [6.07, 6.45) is 5.66. The fraction of sp³-hybridized carbons (Fsp3) is 0.167. The number of carbonyl (C=O) groups is 1. The highest BCUT2D eigenvalue weighted by atomic mass is 79.9. The molecule has 1 aliphatic heterocycles. The average molecular weight is 465 g/mol. The molecule has 2 aromatic carbocycles. The molecule has 30 heavy (non-hydrogen) atoms. The van der Waals surface area contributed by atoms with Crippen LogP contribution in [0.15, 0.2) is 85.1 Å². The monoisotopic (exact) mass is 464 g/mol. The maximum Gasteiger partial charge on any atom is 0.339 e. The van der Waals surface area contributed by atoms with E-state index in [0.29, 0.717) is 12.4 Å². The summed E-state index contributed by atoms with van der Waals surface area (Å²) < 4.78 is 5.56. The van der Waals surface area contributed by atoms with Crippen molar-refractivity contribution in [3.63, 3.8) is 0 Å². The average Bonchev–Trinajstić information content (AvgIpc) is 3.07. The van der Waals surface area contributed by atoms with Crippen molar-refractivity contribution in [3.05, 3.63) is 102 Å². The summed E-state index contributed by atoms with van der Waals surface area (Å²) in [5, 5.41) is 9.69. The first-order valence-electron chi connectivity index (χ1n) is 9.59. The van der Waals surface area contributed by atoms with Gasteiger partial charge in [-0.1, -0.05) is 76.6 Å². The third kappa shape index (κ3) is 3.96. The molecule has 0 saturated heterocycles. The number of halogens is 1. The number of ether oxygens (including phenoxy) is 1. The van der Waals surface area contributed by atoms with Gasteiger partial charge in [0, 0.05) is 11.8 Å². The van der Waals surface area contributed by atoms with Crippen LogP contribution in [0.4, 0.5) is 5.82 Å². The van der Waals surface area contributed by atoms with E-state index in [4.69, 9.17) is 4.74 Å². The second-order valence-electron chi connectivity index (χ2n) is 7.19. The number of benzene rings is 2. The van der Waals surface area contributed by atoms with E-state index in [1.165, 1.54) is 0 Å². The Kier molecular flexibility index (Phi) is 5.59. The van der Waals surface area contributed by atoms with Gasteiger partial charge in [-0.2, -0.15) is 0 Å². The summed E-state index contributed by atoms with van der Waals surface area (Å²) in [6.45, 7) is 2.42. The molecule has 2 unspecified atom stereocenters. The van der Waals surface area contributed by atoms with Gasteiger partial charge in [0.1, 0.15) is 28.2 Å². The van der Waals surface area contributed by atoms with E-state index in [0.717, 1.165) is 16.9 Å². The van der Waals surface area contributed by atoms with Gasteiger partial charge in [0.15, 0.2) is 0 Å². The first-order valence-corrected chi connectivity index (χ1v) is 10.4. The van der Waals surface area contributed by atoms with E-state index in [9.17, 15) is 9.90 Å². The van der Waals surface area contributed by atoms with Crippen LogP contribution >= 0.6 is 15.9 Å². The Balaban J connectivity index is 1.71. The van der Waals surface area contributed by atoms with E-state index in [1.807, 2.05) is 78.6 Å². The molecule has 0 aliphatic carbocycles. The van der Waals surface area contributed by atoms with Gasteiger partial charge in [0.25, 0.3) is 0 Å². The van der Waals surface area contributed by atoms with Crippen molar-refractivity contribution in [2.75, 3.05) is 4.90 Å². The van der Waals surface area contributed by atoms with Gasteiger partial charge in [0.2, 0.25) is 0 Å². The van der Waals surface area contributed by atoms with Crippen LogP contribution in [0.5, 0.6) is 5.75 Å². The smallest absolute Gasteiger partial charge is 0.339 e. The summed E-state index contributed by atoms with van der Waals surface area (Å²) in [7, 11) is 0. The lowest BCUT2D eigenvalue weighted by Crippen LogP contribution is -2.39. The normalized spacial score (nSPS) is 20.3. The van der Waals surface area contributed by atoms with Gasteiger partial charge < -0.3 is 14.7 Å². The molecule has 2 heterocycles. The number of aromatic nitrogens is 1. The highest BCUT2D eigenvalue weighted by Crippen LogP contribution is 2.46. The zero-order valence-electron chi connectivity index (χ0n) is 16.4. The molecule has 6 heteroatoms. The lowest BCUT2D eigenvalue weighted by molar-refractivity contribution is 0.0697. The predicted molar refractivity (Wildman–Crippen MR) is 120 cm³/mol. The Morgan fingerprint density at radius 3 is 2.63 bits per heavy atom. The van der Waals surface area contributed by atoms with Crippen molar-refractivity contribution in [1.82, 2.24) is 4.98 Å². The maximum absolute atomic E-state index is 11.8. The second kappa shape index (κ2) is 8.32. The van der Waals surface area contributed by atoms with Crippen LogP contribution in [-0.4, -0.2) is 20.5 Å². The Hall–Kier alpha value is -3.12. The molecule has 0 amide bonds. The van der Waals surface area contributed by atoms with Crippen LogP contribution in [0.25, 0.3) is 0 Å². The predicted octanol–water partition coefficient (Wildman–Crippen LogP) is 5.59.